The fourth-order valence-electron chi connectivity index (χ4n) is 2.24. The highest BCUT2D eigenvalue weighted by molar-refractivity contribution is 7.89. The van der Waals surface area contributed by atoms with Crippen LogP contribution < -0.4 is 10.5 Å². The number of hydrogen-bond acceptors (Lipinski definition) is 4. The largest absolute Gasteiger partial charge is 0.381 e. The van der Waals surface area contributed by atoms with E-state index in [-0.39, 0.29) is 22.1 Å². The number of primary sulfonamides is 1. The smallest absolute Gasteiger partial charge is 0.254 e. The average molecular weight is 316 g/mol. The Morgan fingerprint density at radius 1 is 1.38 bits per heavy atom. The zero-order chi connectivity index (χ0) is 15.6. The van der Waals surface area contributed by atoms with Gasteiger partial charge in [-0.3, -0.25) is 4.79 Å². The number of sulfonamides is 1. The fraction of sp³-hybridized carbons (Fsp3) is 0.462. The van der Waals surface area contributed by atoms with Crippen LogP contribution in [0.25, 0.3) is 0 Å². The second-order valence-electron chi connectivity index (χ2n) is 5.00. The number of aryl methyl sites for hydroxylation is 1. The Morgan fingerprint density at radius 2 is 2.00 bits per heavy atom. The Bertz CT molecular complexity index is 654. The summed E-state index contributed by atoms with van der Waals surface area (Å²) in [5, 5.41) is 7.74. The first-order chi connectivity index (χ1) is 9.79. The zero-order valence-corrected chi connectivity index (χ0v) is 12.4. The third-order valence-corrected chi connectivity index (χ3v) is 4.43. The van der Waals surface area contributed by atoms with Gasteiger partial charge in [-0.25, -0.2) is 17.9 Å². The van der Waals surface area contributed by atoms with E-state index in [9.17, 15) is 17.6 Å². The Labute approximate surface area is 122 Å². The zero-order valence-electron chi connectivity index (χ0n) is 11.6. The number of carbonyl (C=O) groups is 1. The van der Waals surface area contributed by atoms with Gasteiger partial charge in [0, 0.05) is 19.3 Å². The molecule has 1 aliphatic heterocycles. The molecule has 0 spiro atoms. The third-order valence-electron chi connectivity index (χ3n) is 3.37. The molecule has 6 nitrogen and oxygen atoms in total. The molecule has 2 rings (SSSR count). The molecule has 21 heavy (non-hydrogen) atoms. The molecule has 0 radical (unpaired) electrons. The van der Waals surface area contributed by atoms with Crippen molar-refractivity contribution >= 4 is 15.9 Å². The van der Waals surface area contributed by atoms with Gasteiger partial charge < -0.3 is 10.1 Å². The Hall–Kier alpha value is -1.51. The Morgan fingerprint density at radius 3 is 2.57 bits per heavy atom. The van der Waals surface area contributed by atoms with Crippen molar-refractivity contribution in [2.75, 3.05) is 13.2 Å². The van der Waals surface area contributed by atoms with Gasteiger partial charge in [-0.15, -0.1) is 0 Å². The maximum atomic E-state index is 13.9. The molecule has 1 fully saturated rings. The van der Waals surface area contributed by atoms with Crippen LogP contribution in [-0.4, -0.2) is 33.6 Å². The number of nitrogens with one attached hydrogen (secondary N) is 1. The van der Waals surface area contributed by atoms with Crippen molar-refractivity contribution in [3.05, 3.63) is 29.1 Å². The molecule has 116 valence electrons. The number of rotatable bonds is 3. The van der Waals surface area contributed by atoms with E-state index in [1.165, 1.54) is 6.92 Å². The van der Waals surface area contributed by atoms with Crippen molar-refractivity contribution in [3.63, 3.8) is 0 Å². The van der Waals surface area contributed by atoms with Gasteiger partial charge in [0.2, 0.25) is 10.0 Å². The summed E-state index contributed by atoms with van der Waals surface area (Å²) in [6.07, 6.45) is 1.28. The van der Waals surface area contributed by atoms with Crippen molar-refractivity contribution in [1.82, 2.24) is 5.32 Å². The predicted molar refractivity (Wildman–Crippen MR) is 73.8 cm³/mol. The van der Waals surface area contributed by atoms with Gasteiger partial charge in [-0.1, -0.05) is 0 Å². The molecule has 0 saturated carbocycles. The fourth-order valence-corrected chi connectivity index (χ4v) is 3.03. The summed E-state index contributed by atoms with van der Waals surface area (Å²) in [7, 11) is -4.01. The minimum atomic E-state index is -4.01. The molecule has 1 saturated heterocycles. The number of amides is 1. The highest BCUT2D eigenvalue weighted by Gasteiger charge is 2.22. The van der Waals surface area contributed by atoms with E-state index >= 15 is 0 Å². The van der Waals surface area contributed by atoms with Gasteiger partial charge in [0.15, 0.2) is 0 Å². The number of benzene rings is 1. The summed E-state index contributed by atoms with van der Waals surface area (Å²) < 4.78 is 41.9. The van der Waals surface area contributed by atoms with Gasteiger partial charge in [0.25, 0.3) is 5.91 Å². The molecular weight excluding hydrogens is 299 g/mol. The van der Waals surface area contributed by atoms with Crippen LogP contribution in [0.2, 0.25) is 0 Å². The summed E-state index contributed by atoms with van der Waals surface area (Å²) in [4.78, 5) is 11.8. The maximum absolute atomic E-state index is 13.9. The van der Waals surface area contributed by atoms with E-state index < -0.39 is 21.7 Å². The van der Waals surface area contributed by atoms with Crippen LogP contribution in [0, 0.1) is 12.7 Å². The summed E-state index contributed by atoms with van der Waals surface area (Å²) in [5.74, 6) is -1.42. The van der Waals surface area contributed by atoms with Crippen molar-refractivity contribution in [2.24, 2.45) is 5.14 Å². The highest BCUT2D eigenvalue weighted by Crippen LogP contribution is 2.19. The van der Waals surface area contributed by atoms with Crippen LogP contribution in [0.3, 0.4) is 0 Å². The predicted octanol–water partition coefficient (Wildman–Crippen LogP) is 0.690. The molecule has 1 aromatic rings. The molecule has 0 aromatic heterocycles. The summed E-state index contributed by atoms with van der Waals surface area (Å²) in [5.41, 5.74) is -0.159. The van der Waals surface area contributed by atoms with Crippen LogP contribution in [-0.2, 0) is 14.8 Å². The normalized spacial score (nSPS) is 16.7. The topological polar surface area (TPSA) is 98.5 Å². The lowest BCUT2D eigenvalue weighted by Crippen LogP contribution is -2.39. The van der Waals surface area contributed by atoms with E-state index in [2.05, 4.69) is 5.32 Å². The van der Waals surface area contributed by atoms with E-state index in [1.54, 1.807) is 0 Å². The molecule has 1 amide bonds. The summed E-state index contributed by atoms with van der Waals surface area (Å²) in [6.45, 7) is 2.48. The van der Waals surface area contributed by atoms with E-state index in [4.69, 9.17) is 9.88 Å². The van der Waals surface area contributed by atoms with Gasteiger partial charge in [0.05, 0.1) is 10.5 Å². The van der Waals surface area contributed by atoms with Crippen molar-refractivity contribution in [2.45, 2.75) is 30.7 Å². The van der Waals surface area contributed by atoms with Crippen LogP contribution >= 0.6 is 0 Å². The molecule has 0 bridgehead atoms. The molecule has 3 N–H and O–H groups in total. The number of halogens is 1. The standard InChI is InChI=1S/C13H17FN2O4S/c1-8-6-11(14)10(7-12(8)21(15,18)19)13(17)16-9-2-4-20-5-3-9/h6-7,9H,2-5H2,1H3,(H,16,17)(H2,15,18,19). The quantitative estimate of drug-likeness (QED) is 0.857. The highest BCUT2D eigenvalue weighted by atomic mass is 32.2. The minimum Gasteiger partial charge on any atom is -0.381 e. The van der Waals surface area contributed by atoms with Crippen LogP contribution in [0.1, 0.15) is 28.8 Å². The first kappa shape index (κ1) is 15.9. The van der Waals surface area contributed by atoms with Crippen LogP contribution in [0.15, 0.2) is 17.0 Å². The minimum absolute atomic E-state index is 0.107. The van der Waals surface area contributed by atoms with Crippen molar-refractivity contribution in [1.29, 1.82) is 0 Å². The molecule has 1 aliphatic rings. The molecular formula is C13H17FN2O4S. The third kappa shape index (κ3) is 3.78. The first-order valence-corrected chi connectivity index (χ1v) is 8.05. The molecule has 0 atom stereocenters. The first-order valence-electron chi connectivity index (χ1n) is 6.50. The average Bonchev–Trinajstić information content (AvgIpc) is 2.38. The Kier molecular flexibility index (Phi) is 4.60. The monoisotopic (exact) mass is 316 g/mol. The van der Waals surface area contributed by atoms with Crippen molar-refractivity contribution < 1.29 is 22.3 Å². The van der Waals surface area contributed by atoms with Gasteiger partial charge >= 0.3 is 0 Å². The van der Waals surface area contributed by atoms with Gasteiger partial charge in [0.1, 0.15) is 5.82 Å². The second-order valence-corrected chi connectivity index (χ2v) is 6.53. The lowest BCUT2D eigenvalue weighted by atomic mass is 10.1. The molecule has 0 unspecified atom stereocenters. The van der Waals surface area contributed by atoms with Crippen molar-refractivity contribution in [3.8, 4) is 0 Å². The Balaban J connectivity index is 2.28. The molecule has 8 heteroatoms. The summed E-state index contributed by atoms with van der Waals surface area (Å²) >= 11 is 0. The SMILES string of the molecule is Cc1cc(F)c(C(=O)NC2CCOCC2)cc1S(N)(=O)=O. The number of ether oxygens (including phenoxy) is 1. The second kappa shape index (κ2) is 6.08. The number of carbonyl (C=O) groups excluding carboxylic acids is 1. The summed E-state index contributed by atoms with van der Waals surface area (Å²) in [6, 6.07) is 1.87. The van der Waals surface area contributed by atoms with E-state index in [0.29, 0.717) is 26.1 Å². The molecule has 0 aliphatic carbocycles. The molecule has 1 aromatic carbocycles. The lowest BCUT2D eigenvalue weighted by Gasteiger charge is -2.23. The lowest BCUT2D eigenvalue weighted by molar-refractivity contribution is 0.0694. The van der Waals surface area contributed by atoms with Gasteiger partial charge in [-0.2, -0.15) is 0 Å². The van der Waals surface area contributed by atoms with E-state index in [0.717, 1.165) is 12.1 Å². The van der Waals surface area contributed by atoms with Crippen LogP contribution in [0.5, 0.6) is 0 Å². The number of hydrogen-bond donors (Lipinski definition) is 2. The maximum Gasteiger partial charge on any atom is 0.254 e. The van der Waals surface area contributed by atoms with Crippen LogP contribution in [0.4, 0.5) is 4.39 Å². The van der Waals surface area contributed by atoms with E-state index in [1.807, 2.05) is 0 Å². The number of nitrogens with two attached hydrogens (primary N) is 1. The van der Waals surface area contributed by atoms with Gasteiger partial charge in [-0.05, 0) is 37.5 Å². The molecule has 1 heterocycles.